The number of amides is 1. The zero-order valence-corrected chi connectivity index (χ0v) is 14.1. The van der Waals surface area contributed by atoms with Crippen LogP contribution in [0.15, 0.2) is 33.5 Å². The van der Waals surface area contributed by atoms with Crippen molar-refractivity contribution >= 4 is 17.0 Å². The number of hydrogen-bond acceptors (Lipinski definition) is 6. The summed E-state index contributed by atoms with van der Waals surface area (Å²) in [5.74, 6) is -0.626. The predicted octanol–water partition coefficient (Wildman–Crippen LogP) is 0.00970. The van der Waals surface area contributed by atoms with Crippen LogP contribution in [-0.4, -0.2) is 48.5 Å². The van der Waals surface area contributed by atoms with Gasteiger partial charge in [-0.15, -0.1) is 0 Å². The molecule has 9 nitrogen and oxygen atoms in total. The zero-order chi connectivity index (χ0) is 18.4. The number of carbonyl (C=O) groups is 1. The minimum Gasteiger partial charge on any atom is -0.408 e. The summed E-state index contributed by atoms with van der Waals surface area (Å²) in [5, 5.41) is 23.0. The Morgan fingerprint density at radius 2 is 2.15 bits per heavy atom. The second-order valence-electron chi connectivity index (χ2n) is 6.32. The molecule has 1 atom stereocenters. The molecule has 0 aliphatic carbocycles. The second kappa shape index (κ2) is 6.11. The van der Waals surface area contributed by atoms with Crippen LogP contribution < -0.4 is 5.76 Å². The minimum absolute atomic E-state index is 0.155. The molecule has 0 radical (unpaired) electrons. The first-order valence-electron chi connectivity index (χ1n) is 8.22. The van der Waals surface area contributed by atoms with E-state index in [2.05, 4.69) is 5.10 Å². The third-order valence-corrected chi connectivity index (χ3v) is 4.66. The number of aliphatic hydroxyl groups excluding tert-OH is 2. The number of hydrogen-bond donors (Lipinski definition) is 2. The number of rotatable bonds is 3. The Bertz CT molecular complexity index is 1050. The van der Waals surface area contributed by atoms with E-state index in [-0.39, 0.29) is 5.91 Å². The number of aromatic nitrogens is 3. The van der Waals surface area contributed by atoms with Gasteiger partial charge in [-0.3, -0.25) is 14.0 Å². The molecule has 26 heavy (non-hydrogen) atoms. The lowest BCUT2D eigenvalue weighted by molar-refractivity contribution is 0.0705. The van der Waals surface area contributed by atoms with Crippen molar-refractivity contribution in [1.82, 2.24) is 19.2 Å². The van der Waals surface area contributed by atoms with Crippen molar-refractivity contribution in [3.8, 4) is 0 Å². The fraction of sp³-hybridized carbons (Fsp3) is 0.353. The van der Waals surface area contributed by atoms with Gasteiger partial charge >= 0.3 is 5.76 Å². The minimum atomic E-state index is -1.03. The number of fused-ring (bicyclic) bond motifs is 2. The average molecular weight is 358 g/mol. The third-order valence-electron chi connectivity index (χ3n) is 4.66. The van der Waals surface area contributed by atoms with Gasteiger partial charge in [-0.2, -0.15) is 5.10 Å². The Kier molecular flexibility index (Phi) is 3.89. The van der Waals surface area contributed by atoms with Crippen LogP contribution in [0.2, 0.25) is 0 Å². The molecule has 4 rings (SSSR count). The van der Waals surface area contributed by atoms with Crippen molar-refractivity contribution in [3.63, 3.8) is 0 Å². The summed E-state index contributed by atoms with van der Waals surface area (Å²) < 4.78 is 8.19. The van der Waals surface area contributed by atoms with Gasteiger partial charge in [0, 0.05) is 19.2 Å². The SMILES string of the molecule is Cn1c(=O)oc2ccc(C(=O)N3CCn4nc([C@H](O)CO)cc4C3)cc21. The summed E-state index contributed by atoms with van der Waals surface area (Å²) in [4.78, 5) is 26.1. The molecule has 1 aromatic carbocycles. The predicted molar refractivity (Wildman–Crippen MR) is 90.5 cm³/mol. The smallest absolute Gasteiger partial charge is 0.408 e. The summed E-state index contributed by atoms with van der Waals surface area (Å²) >= 11 is 0. The van der Waals surface area contributed by atoms with Gasteiger partial charge in [0.1, 0.15) is 6.10 Å². The Balaban J connectivity index is 1.60. The van der Waals surface area contributed by atoms with Crippen LogP contribution in [0.1, 0.15) is 27.8 Å². The Hall–Kier alpha value is -2.91. The molecule has 1 aliphatic heterocycles. The third kappa shape index (κ3) is 2.61. The topological polar surface area (TPSA) is 114 Å². The average Bonchev–Trinajstić information content (AvgIpc) is 3.21. The molecule has 0 fully saturated rings. The lowest BCUT2D eigenvalue weighted by Crippen LogP contribution is -2.38. The molecular formula is C17H18N4O5. The van der Waals surface area contributed by atoms with E-state index in [4.69, 9.17) is 9.52 Å². The van der Waals surface area contributed by atoms with Crippen LogP contribution in [-0.2, 0) is 20.1 Å². The van der Waals surface area contributed by atoms with Crippen molar-refractivity contribution in [2.24, 2.45) is 7.05 Å². The number of benzene rings is 1. The number of oxazole rings is 1. The van der Waals surface area contributed by atoms with Gasteiger partial charge in [0.25, 0.3) is 5.91 Å². The monoisotopic (exact) mass is 358 g/mol. The molecule has 0 saturated carbocycles. The molecule has 1 amide bonds. The standard InChI is InChI=1S/C17H18N4O5/c1-19-13-6-10(2-3-15(13)26-17(19)25)16(24)20-4-5-21-11(8-20)7-12(18-21)14(23)9-22/h2-3,6-7,14,22-23H,4-5,8-9H2,1H3/t14-/m1/s1. The van der Waals surface area contributed by atoms with Gasteiger partial charge in [0.2, 0.25) is 0 Å². The fourth-order valence-corrected chi connectivity index (χ4v) is 3.16. The van der Waals surface area contributed by atoms with Crippen LogP contribution >= 0.6 is 0 Å². The van der Waals surface area contributed by atoms with Gasteiger partial charge in [0.05, 0.1) is 36.6 Å². The number of aliphatic hydroxyl groups is 2. The quantitative estimate of drug-likeness (QED) is 0.682. The van der Waals surface area contributed by atoms with Gasteiger partial charge in [0.15, 0.2) is 5.58 Å². The highest BCUT2D eigenvalue weighted by Crippen LogP contribution is 2.21. The molecule has 3 aromatic rings. The van der Waals surface area contributed by atoms with E-state index in [1.165, 1.54) is 4.57 Å². The maximum Gasteiger partial charge on any atom is 0.419 e. The molecule has 3 heterocycles. The van der Waals surface area contributed by atoms with E-state index >= 15 is 0 Å². The van der Waals surface area contributed by atoms with E-state index in [9.17, 15) is 14.7 Å². The highest BCUT2D eigenvalue weighted by molar-refractivity contribution is 5.97. The number of nitrogens with zero attached hydrogens (tertiary/aromatic N) is 4. The summed E-state index contributed by atoms with van der Waals surface area (Å²) in [6, 6.07) is 6.60. The van der Waals surface area contributed by atoms with E-state index in [1.54, 1.807) is 40.9 Å². The molecule has 136 valence electrons. The van der Waals surface area contributed by atoms with Gasteiger partial charge in [-0.1, -0.05) is 0 Å². The largest absolute Gasteiger partial charge is 0.419 e. The van der Waals surface area contributed by atoms with Crippen LogP contribution in [0, 0.1) is 0 Å². The first-order chi connectivity index (χ1) is 12.5. The summed E-state index contributed by atoms with van der Waals surface area (Å²) in [6.07, 6.45) is -1.03. The van der Waals surface area contributed by atoms with Crippen LogP contribution in [0.5, 0.6) is 0 Å². The van der Waals surface area contributed by atoms with Crippen LogP contribution in [0.25, 0.3) is 11.1 Å². The first kappa shape index (κ1) is 16.6. The summed E-state index contributed by atoms with van der Waals surface area (Å²) in [5.41, 5.74) is 2.66. The van der Waals surface area contributed by atoms with E-state index < -0.39 is 18.5 Å². The zero-order valence-electron chi connectivity index (χ0n) is 14.1. The van der Waals surface area contributed by atoms with Crippen molar-refractivity contribution in [1.29, 1.82) is 0 Å². The Morgan fingerprint density at radius 1 is 1.35 bits per heavy atom. The molecule has 2 aromatic heterocycles. The van der Waals surface area contributed by atoms with E-state index in [1.807, 2.05) is 0 Å². The van der Waals surface area contributed by atoms with Crippen molar-refractivity contribution in [2.45, 2.75) is 19.2 Å². The van der Waals surface area contributed by atoms with E-state index in [0.29, 0.717) is 42.0 Å². The van der Waals surface area contributed by atoms with Crippen molar-refractivity contribution in [3.05, 3.63) is 51.8 Å². The summed E-state index contributed by atoms with van der Waals surface area (Å²) in [7, 11) is 1.59. The van der Waals surface area contributed by atoms with Crippen molar-refractivity contribution in [2.75, 3.05) is 13.2 Å². The number of carbonyl (C=O) groups excluding carboxylic acids is 1. The first-order valence-corrected chi connectivity index (χ1v) is 8.22. The molecule has 0 saturated heterocycles. The molecular weight excluding hydrogens is 340 g/mol. The number of aryl methyl sites for hydroxylation is 1. The highest BCUT2D eigenvalue weighted by atomic mass is 16.4. The van der Waals surface area contributed by atoms with Gasteiger partial charge < -0.3 is 19.5 Å². The van der Waals surface area contributed by atoms with Gasteiger partial charge in [-0.05, 0) is 24.3 Å². The van der Waals surface area contributed by atoms with E-state index in [0.717, 1.165) is 5.69 Å². The molecule has 0 unspecified atom stereocenters. The Morgan fingerprint density at radius 3 is 2.92 bits per heavy atom. The molecule has 1 aliphatic rings. The Labute approximate surface area is 147 Å². The fourth-order valence-electron chi connectivity index (χ4n) is 3.16. The van der Waals surface area contributed by atoms with Crippen LogP contribution in [0.3, 0.4) is 0 Å². The molecule has 9 heteroatoms. The second-order valence-corrected chi connectivity index (χ2v) is 6.32. The molecule has 0 bridgehead atoms. The maximum absolute atomic E-state index is 12.9. The molecule has 0 spiro atoms. The lowest BCUT2D eigenvalue weighted by atomic mass is 10.1. The van der Waals surface area contributed by atoms with Gasteiger partial charge in [-0.25, -0.2) is 4.79 Å². The summed E-state index contributed by atoms with van der Waals surface area (Å²) in [6.45, 7) is 0.936. The lowest BCUT2D eigenvalue weighted by Gasteiger charge is -2.27. The normalized spacial score (nSPS) is 15.3. The van der Waals surface area contributed by atoms with Crippen LogP contribution in [0.4, 0.5) is 0 Å². The van der Waals surface area contributed by atoms with Crippen molar-refractivity contribution < 1.29 is 19.4 Å². The maximum atomic E-state index is 12.9. The highest BCUT2D eigenvalue weighted by Gasteiger charge is 2.25. The molecule has 2 N–H and O–H groups in total.